The summed E-state index contributed by atoms with van der Waals surface area (Å²) in [6.07, 6.45) is 0.894. The van der Waals surface area contributed by atoms with Gasteiger partial charge in [0.15, 0.2) is 0 Å². The summed E-state index contributed by atoms with van der Waals surface area (Å²) < 4.78 is 0. The minimum absolute atomic E-state index is 0.590. The number of nitrogens with zero attached hydrogens (tertiary/aromatic N) is 1. The van der Waals surface area contributed by atoms with E-state index in [0.717, 1.165) is 19.5 Å². The summed E-state index contributed by atoms with van der Waals surface area (Å²) in [5.74, 6) is 5.04. The van der Waals surface area contributed by atoms with Crippen LogP contribution in [0.1, 0.15) is 30.5 Å². The van der Waals surface area contributed by atoms with Crippen LogP contribution in [0.15, 0.2) is 18.2 Å². The normalized spacial score (nSPS) is 15.8. The van der Waals surface area contributed by atoms with Crippen LogP contribution in [0.2, 0.25) is 0 Å². The third-order valence-corrected chi connectivity index (χ3v) is 3.26. The van der Waals surface area contributed by atoms with Gasteiger partial charge in [-0.3, -0.25) is 4.90 Å². The van der Waals surface area contributed by atoms with Gasteiger partial charge >= 0.3 is 0 Å². The first kappa shape index (κ1) is 11.6. The Morgan fingerprint density at radius 2 is 2.06 bits per heavy atom. The molecule has 1 aromatic carbocycles. The highest BCUT2D eigenvalue weighted by Gasteiger charge is 2.20. The molecular formula is C13H20N2O. The first-order chi connectivity index (χ1) is 7.70. The molecule has 0 amide bonds. The van der Waals surface area contributed by atoms with Crippen LogP contribution >= 0.6 is 0 Å². The largest absolute Gasteiger partial charge is 0.304 e. The first-order valence-corrected chi connectivity index (χ1v) is 5.87. The zero-order valence-corrected chi connectivity index (χ0v) is 10.1. The van der Waals surface area contributed by atoms with E-state index in [-0.39, 0.29) is 0 Å². The SMILES string of the molecule is CC(C)N1Cc2ccc(CCON)cc2C1. The Hall–Kier alpha value is -0.900. The van der Waals surface area contributed by atoms with Crippen LogP contribution < -0.4 is 5.90 Å². The van der Waals surface area contributed by atoms with Gasteiger partial charge in [-0.1, -0.05) is 18.2 Å². The molecule has 0 fully saturated rings. The molecule has 1 heterocycles. The van der Waals surface area contributed by atoms with Gasteiger partial charge in [0.25, 0.3) is 0 Å². The van der Waals surface area contributed by atoms with E-state index >= 15 is 0 Å². The first-order valence-electron chi connectivity index (χ1n) is 5.87. The molecule has 0 spiro atoms. The molecule has 16 heavy (non-hydrogen) atoms. The minimum atomic E-state index is 0.590. The van der Waals surface area contributed by atoms with Gasteiger partial charge in [0, 0.05) is 19.1 Å². The van der Waals surface area contributed by atoms with Gasteiger partial charge < -0.3 is 4.84 Å². The van der Waals surface area contributed by atoms with Gasteiger partial charge in [0.2, 0.25) is 0 Å². The predicted octanol–water partition coefficient (Wildman–Crippen LogP) is 1.84. The second kappa shape index (κ2) is 4.95. The van der Waals surface area contributed by atoms with E-state index in [1.807, 2.05) is 0 Å². The maximum atomic E-state index is 5.04. The van der Waals surface area contributed by atoms with Crippen molar-refractivity contribution in [3.63, 3.8) is 0 Å². The number of benzene rings is 1. The van der Waals surface area contributed by atoms with Crippen LogP contribution in [-0.2, 0) is 24.3 Å². The molecule has 0 saturated heterocycles. The minimum Gasteiger partial charge on any atom is -0.304 e. The van der Waals surface area contributed by atoms with Crippen molar-refractivity contribution in [2.24, 2.45) is 5.90 Å². The van der Waals surface area contributed by atoms with Crippen LogP contribution in [-0.4, -0.2) is 17.5 Å². The highest BCUT2D eigenvalue weighted by molar-refractivity contribution is 5.35. The summed E-state index contributed by atoms with van der Waals surface area (Å²) in [5.41, 5.74) is 4.24. The van der Waals surface area contributed by atoms with Crippen molar-refractivity contribution in [1.82, 2.24) is 4.90 Å². The monoisotopic (exact) mass is 220 g/mol. The van der Waals surface area contributed by atoms with Crippen molar-refractivity contribution in [2.45, 2.75) is 39.4 Å². The lowest BCUT2D eigenvalue weighted by atomic mass is 10.0. The van der Waals surface area contributed by atoms with Gasteiger partial charge in [0.1, 0.15) is 0 Å². The van der Waals surface area contributed by atoms with Crippen molar-refractivity contribution < 1.29 is 4.84 Å². The molecule has 88 valence electrons. The molecule has 1 aliphatic rings. The van der Waals surface area contributed by atoms with E-state index in [9.17, 15) is 0 Å². The van der Waals surface area contributed by atoms with Crippen molar-refractivity contribution in [2.75, 3.05) is 6.61 Å². The van der Waals surface area contributed by atoms with Gasteiger partial charge in [0.05, 0.1) is 6.61 Å². The van der Waals surface area contributed by atoms with Crippen molar-refractivity contribution in [3.8, 4) is 0 Å². The fraction of sp³-hybridized carbons (Fsp3) is 0.538. The molecule has 0 bridgehead atoms. The standard InChI is InChI=1S/C13H20N2O/c1-10(2)15-8-12-4-3-11(5-6-16-14)7-13(12)9-15/h3-4,7,10H,5-6,8-9,14H2,1-2H3. The number of rotatable bonds is 4. The molecule has 2 N–H and O–H groups in total. The molecule has 3 heteroatoms. The summed E-state index contributed by atoms with van der Waals surface area (Å²) in [5, 5.41) is 0. The highest BCUT2D eigenvalue weighted by atomic mass is 16.6. The molecular weight excluding hydrogens is 200 g/mol. The lowest BCUT2D eigenvalue weighted by Crippen LogP contribution is -2.24. The Labute approximate surface area is 97.1 Å². The Bertz CT molecular complexity index is 363. The molecule has 1 aliphatic heterocycles. The molecule has 0 saturated carbocycles. The number of hydrogen-bond acceptors (Lipinski definition) is 3. The molecule has 2 rings (SSSR count). The van der Waals surface area contributed by atoms with E-state index in [2.05, 4.69) is 41.8 Å². The lowest BCUT2D eigenvalue weighted by molar-refractivity contribution is 0.141. The van der Waals surface area contributed by atoms with Crippen LogP contribution in [0.25, 0.3) is 0 Å². The zero-order chi connectivity index (χ0) is 11.5. The van der Waals surface area contributed by atoms with E-state index in [1.54, 1.807) is 0 Å². The Kier molecular flexibility index (Phi) is 3.59. The molecule has 0 atom stereocenters. The number of hydrogen-bond donors (Lipinski definition) is 1. The number of nitrogens with two attached hydrogens (primary N) is 1. The van der Waals surface area contributed by atoms with Crippen LogP contribution in [0, 0.1) is 0 Å². The summed E-state index contributed by atoms with van der Waals surface area (Å²) in [7, 11) is 0. The Morgan fingerprint density at radius 1 is 1.31 bits per heavy atom. The third-order valence-electron chi connectivity index (χ3n) is 3.26. The molecule has 3 nitrogen and oxygen atoms in total. The summed E-state index contributed by atoms with van der Waals surface area (Å²) in [6.45, 7) is 7.24. The van der Waals surface area contributed by atoms with Crippen molar-refractivity contribution in [1.29, 1.82) is 0 Å². The fourth-order valence-corrected chi connectivity index (χ4v) is 2.17. The maximum Gasteiger partial charge on any atom is 0.0719 e. The summed E-state index contributed by atoms with van der Waals surface area (Å²) in [4.78, 5) is 7.09. The quantitative estimate of drug-likeness (QED) is 0.787. The average Bonchev–Trinajstić information content (AvgIpc) is 2.69. The fourth-order valence-electron chi connectivity index (χ4n) is 2.17. The van der Waals surface area contributed by atoms with E-state index in [1.165, 1.54) is 16.7 Å². The third kappa shape index (κ3) is 2.43. The van der Waals surface area contributed by atoms with E-state index < -0.39 is 0 Å². The summed E-state index contributed by atoms with van der Waals surface area (Å²) in [6, 6.07) is 7.32. The second-order valence-electron chi connectivity index (χ2n) is 4.72. The van der Waals surface area contributed by atoms with Gasteiger partial charge in [-0.05, 0) is 37.0 Å². The maximum absolute atomic E-state index is 5.04. The Morgan fingerprint density at radius 3 is 2.75 bits per heavy atom. The van der Waals surface area contributed by atoms with Crippen LogP contribution in [0.4, 0.5) is 0 Å². The van der Waals surface area contributed by atoms with Crippen LogP contribution in [0.5, 0.6) is 0 Å². The summed E-state index contributed by atoms with van der Waals surface area (Å²) >= 11 is 0. The van der Waals surface area contributed by atoms with Gasteiger partial charge in [-0.15, -0.1) is 0 Å². The smallest absolute Gasteiger partial charge is 0.0719 e. The molecule has 0 aromatic heterocycles. The Balaban J connectivity index is 2.08. The van der Waals surface area contributed by atoms with Crippen molar-refractivity contribution >= 4 is 0 Å². The zero-order valence-electron chi connectivity index (χ0n) is 10.1. The molecule has 0 unspecified atom stereocenters. The lowest BCUT2D eigenvalue weighted by Gasteiger charge is -2.18. The number of fused-ring (bicyclic) bond motifs is 1. The van der Waals surface area contributed by atoms with E-state index in [0.29, 0.717) is 12.6 Å². The predicted molar refractivity (Wildman–Crippen MR) is 64.7 cm³/mol. The van der Waals surface area contributed by atoms with Gasteiger partial charge in [-0.2, -0.15) is 0 Å². The van der Waals surface area contributed by atoms with Crippen molar-refractivity contribution in [3.05, 3.63) is 34.9 Å². The van der Waals surface area contributed by atoms with E-state index in [4.69, 9.17) is 5.90 Å². The average molecular weight is 220 g/mol. The molecule has 0 radical (unpaired) electrons. The molecule has 1 aromatic rings. The van der Waals surface area contributed by atoms with Crippen LogP contribution in [0.3, 0.4) is 0 Å². The molecule has 0 aliphatic carbocycles. The topological polar surface area (TPSA) is 38.5 Å². The second-order valence-corrected chi connectivity index (χ2v) is 4.72. The highest BCUT2D eigenvalue weighted by Crippen LogP contribution is 2.25. The van der Waals surface area contributed by atoms with Gasteiger partial charge in [-0.25, -0.2) is 5.90 Å².